The molecule has 18 heavy (non-hydrogen) atoms. The second kappa shape index (κ2) is 6.22. The van der Waals surface area contributed by atoms with Gasteiger partial charge in [0.2, 0.25) is 0 Å². The number of nitrogens with two attached hydrogens (primary N) is 1. The third-order valence-corrected chi connectivity index (χ3v) is 5.38. The fraction of sp³-hybridized carbons (Fsp3) is 0.0769. The molecule has 0 saturated heterocycles. The summed E-state index contributed by atoms with van der Waals surface area (Å²) in [5.41, 5.74) is 8.32. The highest BCUT2D eigenvalue weighted by molar-refractivity contribution is 14.1. The first-order chi connectivity index (χ1) is 8.49. The Morgan fingerprint density at radius 2 is 1.83 bits per heavy atom. The van der Waals surface area contributed by atoms with Gasteiger partial charge in [-0.25, -0.2) is 0 Å². The van der Waals surface area contributed by atoms with Crippen LogP contribution >= 0.6 is 66.1 Å². The first-order valence-corrected chi connectivity index (χ1v) is 8.19. The van der Waals surface area contributed by atoms with Crippen molar-refractivity contribution in [1.29, 1.82) is 0 Å². The number of benzene rings is 2. The van der Waals surface area contributed by atoms with E-state index in [9.17, 15) is 0 Å². The van der Waals surface area contributed by atoms with Crippen molar-refractivity contribution in [2.45, 2.75) is 6.04 Å². The minimum absolute atomic E-state index is 0.202. The summed E-state index contributed by atoms with van der Waals surface area (Å²) in [7, 11) is 0. The molecule has 0 bridgehead atoms. The molecule has 1 nitrogen and oxygen atoms in total. The molecule has 0 spiro atoms. The van der Waals surface area contributed by atoms with Crippen LogP contribution in [-0.4, -0.2) is 0 Å². The third-order valence-electron chi connectivity index (χ3n) is 2.60. The Labute approximate surface area is 141 Å². The van der Waals surface area contributed by atoms with Crippen LogP contribution in [0.1, 0.15) is 17.2 Å². The summed E-state index contributed by atoms with van der Waals surface area (Å²) in [5.74, 6) is 0. The van der Waals surface area contributed by atoms with Gasteiger partial charge in [-0.3, -0.25) is 0 Å². The van der Waals surface area contributed by atoms with E-state index in [0.29, 0.717) is 0 Å². The van der Waals surface area contributed by atoms with Crippen molar-refractivity contribution >= 4 is 66.1 Å². The minimum atomic E-state index is -0.202. The Hall–Kier alpha value is 0.380. The van der Waals surface area contributed by atoms with Gasteiger partial charge in [0.1, 0.15) is 0 Å². The predicted molar refractivity (Wildman–Crippen MR) is 92.0 cm³/mol. The van der Waals surface area contributed by atoms with Crippen LogP contribution in [-0.2, 0) is 0 Å². The fourth-order valence-corrected chi connectivity index (χ4v) is 3.03. The van der Waals surface area contributed by atoms with Crippen LogP contribution in [0, 0.1) is 3.57 Å². The highest BCUT2D eigenvalue weighted by atomic mass is 127. The molecule has 0 aliphatic carbocycles. The van der Waals surface area contributed by atoms with Crippen molar-refractivity contribution in [3.63, 3.8) is 0 Å². The van der Waals surface area contributed by atoms with E-state index in [1.165, 1.54) is 0 Å². The molecule has 2 aromatic rings. The first-order valence-electron chi connectivity index (χ1n) is 5.14. The molecule has 0 fully saturated rings. The maximum Gasteiger partial charge on any atom is 0.0563 e. The molecule has 0 radical (unpaired) electrons. The minimum Gasteiger partial charge on any atom is -0.320 e. The van der Waals surface area contributed by atoms with Crippen LogP contribution in [0.15, 0.2) is 45.3 Å². The van der Waals surface area contributed by atoms with Gasteiger partial charge >= 0.3 is 0 Å². The monoisotopic (exact) mass is 499 g/mol. The SMILES string of the molecule is NC(c1ccc(I)c(Cl)c1)c1cc(Br)ccc1Br. The van der Waals surface area contributed by atoms with Crippen LogP contribution in [0.2, 0.25) is 5.02 Å². The van der Waals surface area contributed by atoms with Crippen molar-refractivity contribution in [1.82, 2.24) is 0 Å². The summed E-state index contributed by atoms with van der Waals surface area (Å²) in [6.07, 6.45) is 0. The Morgan fingerprint density at radius 3 is 2.50 bits per heavy atom. The van der Waals surface area contributed by atoms with Gasteiger partial charge in [-0.1, -0.05) is 49.5 Å². The lowest BCUT2D eigenvalue weighted by Gasteiger charge is -2.15. The number of hydrogen-bond donors (Lipinski definition) is 1. The second-order valence-corrected chi connectivity index (χ2v) is 7.16. The number of halogens is 4. The standard InChI is InChI=1S/C13H9Br2ClIN/c14-8-2-3-10(15)9(6-8)13(18)7-1-4-12(17)11(16)5-7/h1-6,13H,18H2. The van der Waals surface area contributed by atoms with Crippen LogP contribution in [0.4, 0.5) is 0 Å². The molecule has 1 unspecified atom stereocenters. The normalized spacial score (nSPS) is 12.5. The molecule has 1 atom stereocenters. The van der Waals surface area contributed by atoms with E-state index in [4.69, 9.17) is 17.3 Å². The van der Waals surface area contributed by atoms with E-state index in [1.807, 2.05) is 36.4 Å². The summed E-state index contributed by atoms with van der Waals surface area (Å²) >= 11 is 15.3. The van der Waals surface area contributed by atoms with Gasteiger partial charge in [0.15, 0.2) is 0 Å². The van der Waals surface area contributed by atoms with E-state index in [-0.39, 0.29) is 6.04 Å². The van der Waals surface area contributed by atoms with Gasteiger partial charge < -0.3 is 5.73 Å². The number of hydrogen-bond acceptors (Lipinski definition) is 1. The topological polar surface area (TPSA) is 26.0 Å². The van der Waals surface area contributed by atoms with Crippen molar-refractivity contribution in [3.05, 3.63) is 65.1 Å². The molecule has 2 N–H and O–H groups in total. The summed E-state index contributed by atoms with van der Waals surface area (Å²) in [6.45, 7) is 0. The summed E-state index contributed by atoms with van der Waals surface area (Å²) < 4.78 is 3.03. The predicted octanol–water partition coefficient (Wildman–Crippen LogP) is 5.52. The Morgan fingerprint density at radius 1 is 1.11 bits per heavy atom. The Balaban J connectivity index is 2.44. The van der Waals surface area contributed by atoms with Crippen LogP contribution in [0.25, 0.3) is 0 Å². The Bertz CT molecular complexity index is 589. The van der Waals surface area contributed by atoms with E-state index < -0.39 is 0 Å². The van der Waals surface area contributed by atoms with Crippen molar-refractivity contribution in [2.24, 2.45) is 5.73 Å². The van der Waals surface area contributed by atoms with Crippen LogP contribution < -0.4 is 5.73 Å². The average molecular weight is 501 g/mol. The second-order valence-electron chi connectivity index (χ2n) is 3.82. The molecule has 2 aromatic carbocycles. The zero-order valence-electron chi connectivity index (χ0n) is 9.13. The zero-order valence-corrected chi connectivity index (χ0v) is 15.2. The van der Waals surface area contributed by atoms with Gasteiger partial charge in [0, 0.05) is 12.5 Å². The zero-order chi connectivity index (χ0) is 13.3. The van der Waals surface area contributed by atoms with Gasteiger partial charge in [-0.2, -0.15) is 0 Å². The van der Waals surface area contributed by atoms with Crippen LogP contribution in [0.3, 0.4) is 0 Å². The lowest BCUT2D eigenvalue weighted by molar-refractivity contribution is 0.864. The van der Waals surface area contributed by atoms with Crippen molar-refractivity contribution in [3.8, 4) is 0 Å². The lowest BCUT2D eigenvalue weighted by atomic mass is 10.00. The molecule has 94 valence electrons. The molecule has 0 aliphatic heterocycles. The molecule has 0 amide bonds. The first kappa shape index (κ1) is 14.8. The maximum absolute atomic E-state index is 6.29. The molecular formula is C13H9Br2ClIN. The molecule has 0 aromatic heterocycles. The molecule has 0 heterocycles. The molecular weight excluding hydrogens is 492 g/mol. The summed E-state index contributed by atoms with van der Waals surface area (Å²) in [4.78, 5) is 0. The Kier molecular flexibility index (Phi) is 5.11. The van der Waals surface area contributed by atoms with Crippen molar-refractivity contribution < 1.29 is 0 Å². The van der Waals surface area contributed by atoms with E-state index in [0.717, 1.165) is 28.7 Å². The molecule has 0 saturated carbocycles. The summed E-state index contributed by atoms with van der Waals surface area (Å²) in [6, 6.07) is 11.7. The highest BCUT2D eigenvalue weighted by Gasteiger charge is 2.13. The average Bonchev–Trinajstić information content (AvgIpc) is 2.35. The summed E-state index contributed by atoms with van der Waals surface area (Å²) in [5, 5.41) is 0.731. The van der Waals surface area contributed by atoms with E-state index in [2.05, 4.69) is 54.5 Å². The lowest BCUT2D eigenvalue weighted by Crippen LogP contribution is -2.12. The van der Waals surface area contributed by atoms with Crippen LogP contribution in [0.5, 0.6) is 0 Å². The molecule has 2 rings (SSSR count). The van der Waals surface area contributed by atoms with E-state index >= 15 is 0 Å². The van der Waals surface area contributed by atoms with Gasteiger partial charge in [0.25, 0.3) is 0 Å². The molecule has 0 aliphatic rings. The maximum atomic E-state index is 6.29. The number of rotatable bonds is 2. The highest BCUT2D eigenvalue weighted by Crippen LogP contribution is 2.31. The molecule has 5 heteroatoms. The van der Waals surface area contributed by atoms with Gasteiger partial charge in [-0.15, -0.1) is 0 Å². The van der Waals surface area contributed by atoms with Gasteiger partial charge in [-0.05, 0) is 64.0 Å². The smallest absolute Gasteiger partial charge is 0.0563 e. The third kappa shape index (κ3) is 3.28. The van der Waals surface area contributed by atoms with Gasteiger partial charge in [0.05, 0.1) is 11.1 Å². The largest absolute Gasteiger partial charge is 0.320 e. The fourth-order valence-electron chi connectivity index (χ4n) is 1.64. The quantitative estimate of drug-likeness (QED) is 0.540. The van der Waals surface area contributed by atoms with Crippen molar-refractivity contribution in [2.75, 3.05) is 0 Å². The van der Waals surface area contributed by atoms with E-state index in [1.54, 1.807) is 0 Å².